The van der Waals surface area contributed by atoms with E-state index in [9.17, 15) is 4.39 Å². The van der Waals surface area contributed by atoms with Crippen LogP contribution in [-0.4, -0.2) is 12.6 Å². The molecule has 0 amide bonds. The van der Waals surface area contributed by atoms with E-state index in [1.807, 2.05) is 13.0 Å². The summed E-state index contributed by atoms with van der Waals surface area (Å²) in [6.07, 6.45) is 0. The maximum absolute atomic E-state index is 12.9. The minimum atomic E-state index is -0.180. The van der Waals surface area contributed by atoms with E-state index in [1.54, 1.807) is 6.07 Å². The molecule has 0 heterocycles. The lowest BCUT2D eigenvalue weighted by Crippen LogP contribution is -2.39. The average molecular weight is 224 g/mol. The number of nitrogens with one attached hydrogen (secondary N) is 1. The van der Waals surface area contributed by atoms with Crippen LogP contribution in [0.25, 0.3) is 0 Å². The van der Waals surface area contributed by atoms with E-state index in [0.717, 1.165) is 17.7 Å². The summed E-state index contributed by atoms with van der Waals surface area (Å²) in [4.78, 5) is 0. The Morgan fingerprint density at radius 1 is 1.38 bits per heavy atom. The van der Waals surface area contributed by atoms with Crippen molar-refractivity contribution in [3.8, 4) is 0 Å². The van der Waals surface area contributed by atoms with Gasteiger partial charge in [0.25, 0.3) is 0 Å². The lowest BCUT2D eigenvalue weighted by molar-refractivity contribution is 0.404. The van der Waals surface area contributed by atoms with E-state index in [2.05, 4.69) is 19.2 Å². The van der Waals surface area contributed by atoms with Crippen LogP contribution < -0.4 is 11.1 Å². The van der Waals surface area contributed by atoms with E-state index in [1.165, 1.54) is 6.07 Å². The SMILES string of the molecule is Cc1cc(F)ccc1CNC(CN)C(C)C. The first-order chi connectivity index (χ1) is 7.54. The van der Waals surface area contributed by atoms with Crippen molar-refractivity contribution in [2.75, 3.05) is 6.54 Å². The zero-order valence-electron chi connectivity index (χ0n) is 10.3. The van der Waals surface area contributed by atoms with Gasteiger partial charge < -0.3 is 11.1 Å². The molecule has 0 radical (unpaired) electrons. The van der Waals surface area contributed by atoms with Crippen molar-refractivity contribution in [2.24, 2.45) is 11.7 Å². The van der Waals surface area contributed by atoms with Crippen LogP contribution >= 0.6 is 0 Å². The molecule has 1 aromatic carbocycles. The fourth-order valence-corrected chi connectivity index (χ4v) is 1.69. The monoisotopic (exact) mass is 224 g/mol. The number of hydrogen-bond acceptors (Lipinski definition) is 2. The van der Waals surface area contributed by atoms with Crippen LogP contribution in [0.1, 0.15) is 25.0 Å². The Balaban J connectivity index is 2.60. The van der Waals surface area contributed by atoms with E-state index in [-0.39, 0.29) is 5.82 Å². The Morgan fingerprint density at radius 2 is 2.06 bits per heavy atom. The molecule has 0 aliphatic carbocycles. The average Bonchev–Trinajstić information content (AvgIpc) is 2.21. The Bertz CT molecular complexity index is 337. The number of nitrogens with two attached hydrogens (primary N) is 1. The van der Waals surface area contributed by atoms with Crippen LogP contribution in [0.4, 0.5) is 4.39 Å². The van der Waals surface area contributed by atoms with Crippen LogP contribution in [0.5, 0.6) is 0 Å². The third kappa shape index (κ3) is 3.58. The summed E-state index contributed by atoms with van der Waals surface area (Å²) in [5.41, 5.74) is 7.78. The van der Waals surface area contributed by atoms with Crippen LogP contribution in [0.3, 0.4) is 0 Å². The maximum atomic E-state index is 12.9. The smallest absolute Gasteiger partial charge is 0.123 e. The number of aryl methyl sites for hydroxylation is 1. The highest BCUT2D eigenvalue weighted by Crippen LogP contribution is 2.10. The maximum Gasteiger partial charge on any atom is 0.123 e. The van der Waals surface area contributed by atoms with E-state index >= 15 is 0 Å². The van der Waals surface area contributed by atoms with Crippen LogP contribution in [0, 0.1) is 18.7 Å². The van der Waals surface area contributed by atoms with Crippen LogP contribution in [0.15, 0.2) is 18.2 Å². The number of benzene rings is 1. The lowest BCUT2D eigenvalue weighted by Gasteiger charge is -2.21. The normalized spacial score (nSPS) is 13.1. The highest BCUT2D eigenvalue weighted by Gasteiger charge is 2.10. The van der Waals surface area contributed by atoms with E-state index in [0.29, 0.717) is 18.5 Å². The summed E-state index contributed by atoms with van der Waals surface area (Å²) in [5.74, 6) is 0.325. The summed E-state index contributed by atoms with van der Waals surface area (Å²) in [6.45, 7) is 7.57. The van der Waals surface area contributed by atoms with Gasteiger partial charge in [0.2, 0.25) is 0 Å². The second-order valence-corrected chi connectivity index (χ2v) is 4.54. The fourth-order valence-electron chi connectivity index (χ4n) is 1.69. The first kappa shape index (κ1) is 13.1. The van der Waals surface area contributed by atoms with Crippen molar-refractivity contribution >= 4 is 0 Å². The fraction of sp³-hybridized carbons (Fsp3) is 0.538. The molecule has 0 bridgehead atoms. The summed E-state index contributed by atoms with van der Waals surface area (Å²) in [7, 11) is 0. The Morgan fingerprint density at radius 3 is 2.56 bits per heavy atom. The van der Waals surface area contributed by atoms with Gasteiger partial charge in [-0.3, -0.25) is 0 Å². The largest absolute Gasteiger partial charge is 0.329 e. The minimum absolute atomic E-state index is 0.180. The molecule has 0 saturated heterocycles. The topological polar surface area (TPSA) is 38.0 Å². The standard InChI is InChI=1S/C13H21FN2/c1-9(2)13(7-15)16-8-11-4-5-12(14)6-10(11)3/h4-6,9,13,16H,7-8,15H2,1-3H3. The number of halogens is 1. The molecule has 1 atom stereocenters. The van der Waals surface area contributed by atoms with Gasteiger partial charge >= 0.3 is 0 Å². The summed E-state index contributed by atoms with van der Waals surface area (Å²) in [5, 5.41) is 3.40. The molecule has 90 valence electrons. The molecular formula is C13H21FN2. The van der Waals surface area contributed by atoms with Crippen LogP contribution in [-0.2, 0) is 6.54 Å². The number of rotatable bonds is 5. The Hall–Kier alpha value is -0.930. The molecule has 0 fully saturated rings. The summed E-state index contributed by atoms with van der Waals surface area (Å²) >= 11 is 0. The van der Waals surface area contributed by atoms with Gasteiger partial charge in [0.15, 0.2) is 0 Å². The second-order valence-electron chi connectivity index (χ2n) is 4.54. The molecule has 3 heteroatoms. The van der Waals surface area contributed by atoms with E-state index < -0.39 is 0 Å². The van der Waals surface area contributed by atoms with Gasteiger partial charge in [-0.1, -0.05) is 19.9 Å². The van der Waals surface area contributed by atoms with Gasteiger partial charge in [-0.05, 0) is 36.1 Å². The summed E-state index contributed by atoms with van der Waals surface area (Å²) in [6, 6.07) is 5.19. The molecule has 0 aromatic heterocycles. The van der Waals surface area contributed by atoms with Gasteiger partial charge in [-0.25, -0.2) is 4.39 Å². The molecule has 1 aromatic rings. The third-order valence-corrected chi connectivity index (χ3v) is 2.92. The summed E-state index contributed by atoms with van der Waals surface area (Å²) < 4.78 is 12.9. The highest BCUT2D eigenvalue weighted by atomic mass is 19.1. The van der Waals surface area contributed by atoms with Gasteiger partial charge in [-0.2, -0.15) is 0 Å². The predicted molar refractivity (Wildman–Crippen MR) is 65.7 cm³/mol. The molecule has 3 N–H and O–H groups in total. The second kappa shape index (κ2) is 5.97. The van der Waals surface area contributed by atoms with Crippen molar-refractivity contribution in [3.05, 3.63) is 35.1 Å². The molecule has 0 saturated carbocycles. The first-order valence-corrected chi connectivity index (χ1v) is 5.73. The molecule has 0 aliphatic rings. The molecule has 16 heavy (non-hydrogen) atoms. The van der Waals surface area contributed by atoms with Crippen molar-refractivity contribution in [1.82, 2.24) is 5.32 Å². The Labute approximate surface area is 97.0 Å². The zero-order chi connectivity index (χ0) is 12.1. The molecule has 0 aliphatic heterocycles. The Kier molecular flexibility index (Phi) is 4.90. The molecule has 1 rings (SSSR count). The van der Waals surface area contributed by atoms with Crippen molar-refractivity contribution in [2.45, 2.75) is 33.4 Å². The highest BCUT2D eigenvalue weighted by molar-refractivity contribution is 5.26. The van der Waals surface area contributed by atoms with Crippen molar-refractivity contribution in [3.63, 3.8) is 0 Å². The molecule has 0 spiro atoms. The van der Waals surface area contributed by atoms with Gasteiger partial charge in [-0.15, -0.1) is 0 Å². The zero-order valence-corrected chi connectivity index (χ0v) is 10.3. The van der Waals surface area contributed by atoms with E-state index in [4.69, 9.17) is 5.73 Å². The quantitative estimate of drug-likeness (QED) is 0.804. The predicted octanol–water partition coefficient (Wildman–Crippen LogP) is 2.21. The lowest BCUT2D eigenvalue weighted by atomic mass is 10.0. The molecular weight excluding hydrogens is 203 g/mol. The van der Waals surface area contributed by atoms with Gasteiger partial charge in [0.05, 0.1) is 0 Å². The van der Waals surface area contributed by atoms with Crippen LogP contribution in [0.2, 0.25) is 0 Å². The van der Waals surface area contributed by atoms with Gasteiger partial charge in [0.1, 0.15) is 5.82 Å². The molecule has 2 nitrogen and oxygen atoms in total. The first-order valence-electron chi connectivity index (χ1n) is 5.73. The van der Waals surface area contributed by atoms with Crippen molar-refractivity contribution < 1.29 is 4.39 Å². The van der Waals surface area contributed by atoms with Gasteiger partial charge in [0, 0.05) is 19.1 Å². The minimum Gasteiger partial charge on any atom is -0.329 e. The molecule has 1 unspecified atom stereocenters. The number of hydrogen-bond donors (Lipinski definition) is 2. The third-order valence-electron chi connectivity index (χ3n) is 2.92. The van der Waals surface area contributed by atoms with Crippen molar-refractivity contribution in [1.29, 1.82) is 0 Å².